The highest BCUT2D eigenvalue weighted by Crippen LogP contribution is 2.26. The minimum absolute atomic E-state index is 0.0169. The van der Waals surface area contributed by atoms with Gasteiger partial charge in [-0.25, -0.2) is 8.42 Å². The zero-order valence-corrected chi connectivity index (χ0v) is 18.4. The molecule has 2 aliphatic rings. The van der Waals surface area contributed by atoms with E-state index in [1.807, 2.05) is 0 Å². The number of imide groups is 1. The van der Waals surface area contributed by atoms with E-state index in [1.54, 1.807) is 31.2 Å². The Morgan fingerprint density at radius 1 is 1.16 bits per heavy atom. The van der Waals surface area contributed by atoms with Gasteiger partial charge >= 0.3 is 5.97 Å². The molecule has 2 aliphatic heterocycles. The lowest BCUT2D eigenvalue weighted by Gasteiger charge is -2.30. The molecule has 0 saturated carbocycles. The minimum atomic E-state index is -3.78. The first-order valence-corrected chi connectivity index (χ1v) is 11.8. The number of fused-ring (bicyclic) bond motifs is 1. The summed E-state index contributed by atoms with van der Waals surface area (Å²) in [6.45, 7) is 2.41. The van der Waals surface area contributed by atoms with Crippen molar-refractivity contribution in [1.29, 1.82) is 0 Å². The highest BCUT2D eigenvalue weighted by molar-refractivity contribution is 7.89. The molecule has 2 aromatic rings. The van der Waals surface area contributed by atoms with Crippen LogP contribution < -0.4 is 0 Å². The molecule has 0 radical (unpaired) electrons. The number of piperidine rings is 1. The number of aromatic nitrogens is 1. The van der Waals surface area contributed by atoms with Gasteiger partial charge in [0.05, 0.1) is 29.5 Å². The Morgan fingerprint density at radius 2 is 1.91 bits per heavy atom. The van der Waals surface area contributed by atoms with E-state index in [9.17, 15) is 22.8 Å². The monoisotopic (exact) mass is 457 g/mol. The Hall–Kier alpha value is -3.11. The second-order valence-corrected chi connectivity index (χ2v) is 9.63. The van der Waals surface area contributed by atoms with Crippen LogP contribution in [0.1, 0.15) is 46.2 Å². The molecule has 3 heterocycles. The Bertz CT molecular complexity index is 1130. The summed E-state index contributed by atoms with van der Waals surface area (Å²) in [5.74, 6) is -1.74. The van der Waals surface area contributed by atoms with Crippen molar-refractivity contribution in [2.75, 3.05) is 19.7 Å². The maximum Gasteiger partial charge on any atom is 0.310 e. The maximum atomic E-state index is 13.1. The van der Waals surface area contributed by atoms with Gasteiger partial charge in [0, 0.05) is 19.3 Å². The van der Waals surface area contributed by atoms with Crippen LogP contribution in [0.5, 0.6) is 0 Å². The highest BCUT2D eigenvalue weighted by Gasteiger charge is 2.37. The second kappa shape index (κ2) is 8.79. The van der Waals surface area contributed by atoms with Gasteiger partial charge in [0.1, 0.15) is 5.69 Å². The smallest absolute Gasteiger partial charge is 0.310 e. The Balaban J connectivity index is 1.47. The average Bonchev–Trinajstić information content (AvgIpc) is 3.05. The minimum Gasteiger partial charge on any atom is -0.466 e. The lowest BCUT2D eigenvalue weighted by atomic mass is 10.0. The van der Waals surface area contributed by atoms with Gasteiger partial charge in [-0.3, -0.25) is 24.3 Å². The lowest BCUT2D eigenvalue weighted by Crippen LogP contribution is -2.42. The molecule has 1 aromatic carbocycles. The predicted molar refractivity (Wildman–Crippen MR) is 113 cm³/mol. The standard InChI is InChI=1S/C22H23N3O6S/c1-2-31-22(28)16-5-4-12-24(14-16)32(29,30)17-9-7-15(8-10-17)13-25-20(26)18-6-3-11-23-19(18)21(25)27/h3,6-11,16H,2,4-5,12-14H2,1H3. The van der Waals surface area contributed by atoms with Crippen molar-refractivity contribution in [2.24, 2.45) is 5.92 Å². The largest absolute Gasteiger partial charge is 0.466 e. The molecule has 2 amide bonds. The summed E-state index contributed by atoms with van der Waals surface area (Å²) in [6.07, 6.45) is 2.63. The van der Waals surface area contributed by atoms with Gasteiger partial charge in [0.15, 0.2) is 0 Å². The predicted octanol–water partition coefficient (Wildman–Crippen LogP) is 1.84. The number of ether oxygens (including phenoxy) is 1. The van der Waals surface area contributed by atoms with Crippen molar-refractivity contribution in [3.63, 3.8) is 0 Å². The fourth-order valence-corrected chi connectivity index (χ4v) is 5.49. The van der Waals surface area contributed by atoms with Crippen LogP contribution in [0.15, 0.2) is 47.5 Å². The van der Waals surface area contributed by atoms with Gasteiger partial charge in [-0.1, -0.05) is 12.1 Å². The molecule has 1 fully saturated rings. The van der Waals surface area contributed by atoms with Gasteiger partial charge in [0.2, 0.25) is 10.0 Å². The van der Waals surface area contributed by atoms with E-state index in [1.165, 1.54) is 22.6 Å². The van der Waals surface area contributed by atoms with E-state index in [-0.39, 0.29) is 41.8 Å². The molecular formula is C22H23N3O6S. The fraction of sp³-hybridized carbons (Fsp3) is 0.364. The van der Waals surface area contributed by atoms with Crippen LogP contribution in [0.2, 0.25) is 0 Å². The van der Waals surface area contributed by atoms with Gasteiger partial charge < -0.3 is 4.74 Å². The molecule has 9 nitrogen and oxygen atoms in total. The number of rotatable bonds is 6. The number of hydrogen-bond acceptors (Lipinski definition) is 7. The molecule has 32 heavy (non-hydrogen) atoms. The van der Waals surface area contributed by atoms with Crippen molar-refractivity contribution in [2.45, 2.75) is 31.2 Å². The summed E-state index contributed by atoms with van der Waals surface area (Å²) in [4.78, 5) is 42.2. The quantitative estimate of drug-likeness (QED) is 0.480. The van der Waals surface area contributed by atoms with E-state index < -0.39 is 27.8 Å². The molecule has 0 aliphatic carbocycles. The summed E-state index contributed by atoms with van der Waals surface area (Å²) in [7, 11) is -3.78. The number of nitrogens with zero attached hydrogens (tertiary/aromatic N) is 3. The summed E-state index contributed by atoms with van der Waals surface area (Å²) < 4.78 is 32.5. The number of amides is 2. The van der Waals surface area contributed by atoms with Gasteiger partial charge in [-0.2, -0.15) is 4.31 Å². The Labute approximate surface area is 186 Å². The fourth-order valence-electron chi connectivity index (χ4n) is 3.97. The third-order valence-corrected chi connectivity index (χ3v) is 7.52. The maximum absolute atomic E-state index is 13.1. The van der Waals surface area contributed by atoms with E-state index >= 15 is 0 Å². The van der Waals surface area contributed by atoms with E-state index in [0.29, 0.717) is 24.9 Å². The van der Waals surface area contributed by atoms with Gasteiger partial charge in [-0.15, -0.1) is 0 Å². The number of sulfonamides is 1. The van der Waals surface area contributed by atoms with Crippen LogP contribution in [0.4, 0.5) is 0 Å². The third-order valence-electron chi connectivity index (χ3n) is 5.64. The summed E-state index contributed by atoms with van der Waals surface area (Å²) >= 11 is 0. The van der Waals surface area contributed by atoms with E-state index in [2.05, 4.69) is 4.98 Å². The van der Waals surface area contributed by atoms with Crippen LogP contribution in [-0.4, -0.2) is 60.1 Å². The van der Waals surface area contributed by atoms with Crippen LogP contribution in [-0.2, 0) is 26.1 Å². The molecule has 10 heteroatoms. The molecule has 1 unspecified atom stereocenters. The van der Waals surface area contributed by atoms with Crippen LogP contribution in [0, 0.1) is 5.92 Å². The zero-order chi connectivity index (χ0) is 22.9. The topological polar surface area (TPSA) is 114 Å². The highest BCUT2D eigenvalue weighted by atomic mass is 32.2. The van der Waals surface area contributed by atoms with Gasteiger partial charge in [0.25, 0.3) is 11.8 Å². The summed E-state index contributed by atoms with van der Waals surface area (Å²) in [6, 6.07) is 9.22. The van der Waals surface area contributed by atoms with E-state index in [4.69, 9.17) is 4.74 Å². The molecule has 168 valence electrons. The average molecular weight is 458 g/mol. The van der Waals surface area contributed by atoms with Gasteiger partial charge in [-0.05, 0) is 49.6 Å². The molecule has 0 N–H and O–H groups in total. The molecule has 4 rings (SSSR count). The zero-order valence-electron chi connectivity index (χ0n) is 17.6. The van der Waals surface area contributed by atoms with Crippen molar-refractivity contribution < 1.29 is 27.5 Å². The van der Waals surface area contributed by atoms with Crippen LogP contribution in [0.3, 0.4) is 0 Å². The number of benzene rings is 1. The molecule has 1 aromatic heterocycles. The van der Waals surface area contributed by atoms with Crippen molar-refractivity contribution in [3.8, 4) is 0 Å². The first-order valence-electron chi connectivity index (χ1n) is 10.4. The SMILES string of the molecule is CCOC(=O)C1CCCN(S(=O)(=O)c2ccc(CN3C(=O)c4cccnc4C3=O)cc2)C1. The van der Waals surface area contributed by atoms with Crippen molar-refractivity contribution in [3.05, 3.63) is 59.4 Å². The molecular weight excluding hydrogens is 434 g/mol. The first kappa shape index (κ1) is 22.1. The van der Waals surface area contributed by atoms with Crippen LogP contribution >= 0.6 is 0 Å². The third kappa shape index (κ3) is 4.03. The Kier molecular flexibility index (Phi) is 6.07. The van der Waals surface area contributed by atoms with Crippen LogP contribution in [0.25, 0.3) is 0 Å². The second-order valence-electron chi connectivity index (χ2n) is 7.69. The molecule has 0 spiro atoms. The number of carbonyl (C=O) groups is 3. The molecule has 1 atom stereocenters. The normalized spacial score (nSPS) is 19.2. The summed E-state index contributed by atoms with van der Waals surface area (Å²) in [5, 5.41) is 0. The van der Waals surface area contributed by atoms with Crippen molar-refractivity contribution >= 4 is 27.8 Å². The molecule has 1 saturated heterocycles. The molecule has 0 bridgehead atoms. The number of pyridine rings is 1. The summed E-state index contributed by atoms with van der Waals surface area (Å²) in [5.41, 5.74) is 0.998. The first-order chi connectivity index (χ1) is 15.3. The Morgan fingerprint density at radius 3 is 2.59 bits per heavy atom. The van der Waals surface area contributed by atoms with Crippen molar-refractivity contribution in [1.82, 2.24) is 14.2 Å². The lowest BCUT2D eigenvalue weighted by molar-refractivity contribution is -0.149. The number of hydrogen-bond donors (Lipinski definition) is 0. The number of esters is 1. The number of carbonyl (C=O) groups excluding carboxylic acids is 3. The van der Waals surface area contributed by atoms with E-state index in [0.717, 1.165) is 4.90 Å².